The third kappa shape index (κ3) is 3.24. The Morgan fingerprint density at radius 2 is 0.902 bits per heavy atom. The molecule has 0 amide bonds. The van der Waals surface area contributed by atoms with Gasteiger partial charge in [0.25, 0.3) is 0 Å². The zero-order chi connectivity index (χ0) is 26.9. The minimum Gasteiger partial charge on any atom is -0.456 e. The van der Waals surface area contributed by atoms with E-state index in [0.29, 0.717) is 0 Å². The summed E-state index contributed by atoms with van der Waals surface area (Å²) in [6.07, 6.45) is 0. The van der Waals surface area contributed by atoms with Crippen LogP contribution in [0.5, 0.6) is 0 Å². The van der Waals surface area contributed by atoms with E-state index in [0.717, 1.165) is 21.9 Å². The second-order valence-electron chi connectivity index (χ2n) is 10.8. The molecule has 9 rings (SSSR count). The molecule has 0 saturated carbocycles. The molecule has 1 aromatic heterocycles. The first kappa shape index (κ1) is 22.4. The van der Waals surface area contributed by atoms with E-state index < -0.39 is 0 Å². The lowest BCUT2D eigenvalue weighted by Gasteiger charge is -2.19. The van der Waals surface area contributed by atoms with Gasteiger partial charge in [-0.25, -0.2) is 0 Å². The van der Waals surface area contributed by atoms with Crippen LogP contribution in [0, 0.1) is 0 Å². The average molecular weight is 521 g/mol. The van der Waals surface area contributed by atoms with Crippen LogP contribution in [0.25, 0.3) is 87.3 Å². The normalized spacial score (nSPS) is 11.9. The molecule has 0 bridgehead atoms. The average Bonchev–Trinajstić information content (AvgIpc) is 3.41. The lowest BCUT2D eigenvalue weighted by atomic mass is 9.84. The van der Waals surface area contributed by atoms with Gasteiger partial charge in [-0.15, -0.1) is 0 Å². The maximum Gasteiger partial charge on any atom is 0.135 e. The standard InChI is InChI=1S/C40H24O/c1-2-11-27-25(10-1)20-22-29-28(27)17-9-18-31(29)40-34-15-5-3-13-32(34)39(33-14-4-6-16-35(33)40)26-21-23-38-36(24-26)30-12-7-8-19-37(30)41-38/h1-24H. The highest BCUT2D eigenvalue weighted by Gasteiger charge is 2.19. The lowest BCUT2D eigenvalue weighted by molar-refractivity contribution is 0.669. The van der Waals surface area contributed by atoms with Gasteiger partial charge in [-0.05, 0) is 83.5 Å². The molecular formula is C40H24O. The fraction of sp³-hybridized carbons (Fsp3) is 0. The summed E-state index contributed by atoms with van der Waals surface area (Å²) in [5.41, 5.74) is 6.86. The molecule has 0 radical (unpaired) electrons. The third-order valence-electron chi connectivity index (χ3n) is 8.65. The fourth-order valence-corrected chi connectivity index (χ4v) is 6.87. The first-order valence-electron chi connectivity index (χ1n) is 14.1. The summed E-state index contributed by atoms with van der Waals surface area (Å²) in [5, 5.41) is 12.5. The Bertz CT molecular complexity index is 2420. The van der Waals surface area contributed by atoms with Gasteiger partial charge in [0.1, 0.15) is 11.2 Å². The van der Waals surface area contributed by atoms with Gasteiger partial charge in [-0.3, -0.25) is 0 Å². The maximum absolute atomic E-state index is 6.17. The van der Waals surface area contributed by atoms with Crippen LogP contribution in [-0.4, -0.2) is 0 Å². The first-order valence-corrected chi connectivity index (χ1v) is 14.1. The quantitative estimate of drug-likeness (QED) is 0.163. The summed E-state index contributed by atoms with van der Waals surface area (Å²) < 4.78 is 6.17. The van der Waals surface area contributed by atoms with E-state index in [1.165, 1.54) is 65.3 Å². The van der Waals surface area contributed by atoms with E-state index in [9.17, 15) is 0 Å². The van der Waals surface area contributed by atoms with Crippen molar-refractivity contribution in [1.82, 2.24) is 0 Å². The second kappa shape index (κ2) is 8.55. The molecule has 1 heterocycles. The number of fused-ring (bicyclic) bond motifs is 8. The molecule has 9 aromatic rings. The van der Waals surface area contributed by atoms with E-state index in [-0.39, 0.29) is 0 Å². The summed E-state index contributed by atoms with van der Waals surface area (Å²) in [6, 6.07) is 52.7. The molecule has 190 valence electrons. The highest BCUT2D eigenvalue weighted by atomic mass is 16.3. The van der Waals surface area contributed by atoms with Crippen LogP contribution in [0.4, 0.5) is 0 Å². The van der Waals surface area contributed by atoms with Crippen molar-refractivity contribution in [1.29, 1.82) is 0 Å². The van der Waals surface area contributed by atoms with Gasteiger partial charge in [0.05, 0.1) is 0 Å². The molecule has 0 atom stereocenters. The molecule has 1 nitrogen and oxygen atoms in total. The molecule has 0 unspecified atom stereocenters. The number of hydrogen-bond donors (Lipinski definition) is 0. The highest BCUT2D eigenvalue weighted by molar-refractivity contribution is 6.25. The molecule has 0 N–H and O–H groups in total. The van der Waals surface area contributed by atoms with Gasteiger partial charge in [-0.1, -0.05) is 127 Å². The molecule has 1 heteroatoms. The summed E-state index contributed by atoms with van der Waals surface area (Å²) in [4.78, 5) is 0. The summed E-state index contributed by atoms with van der Waals surface area (Å²) in [6.45, 7) is 0. The van der Waals surface area contributed by atoms with Gasteiger partial charge < -0.3 is 4.42 Å². The van der Waals surface area contributed by atoms with Crippen molar-refractivity contribution in [3.8, 4) is 22.3 Å². The van der Waals surface area contributed by atoms with Crippen molar-refractivity contribution in [3.63, 3.8) is 0 Å². The van der Waals surface area contributed by atoms with Gasteiger partial charge in [0.2, 0.25) is 0 Å². The van der Waals surface area contributed by atoms with Crippen molar-refractivity contribution >= 4 is 65.0 Å². The Kier molecular flexibility index (Phi) is 4.67. The molecule has 0 fully saturated rings. The molecule has 0 saturated heterocycles. The van der Waals surface area contributed by atoms with E-state index >= 15 is 0 Å². The Morgan fingerprint density at radius 1 is 0.317 bits per heavy atom. The van der Waals surface area contributed by atoms with Crippen LogP contribution in [0.15, 0.2) is 150 Å². The van der Waals surface area contributed by atoms with Crippen LogP contribution < -0.4 is 0 Å². The SMILES string of the molecule is c1ccc2c(c1)ccc1c(-c3c4ccccc4c(-c4ccc5oc6ccccc6c5c4)c4ccccc34)cccc12. The van der Waals surface area contributed by atoms with Crippen LogP contribution in [0.3, 0.4) is 0 Å². The predicted molar refractivity (Wildman–Crippen MR) is 175 cm³/mol. The highest BCUT2D eigenvalue weighted by Crippen LogP contribution is 2.46. The minimum atomic E-state index is 0.920. The van der Waals surface area contributed by atoms with Crippen molar-refractivity contribution < 1.29 is 4.42 Å². The summed E-state index contributed by atoms with van der Waals surface area (Å²) >= 11 is 0. The Labute approximate surface area is 236 Å². The molecule has 0 spiro atoms. The number of benzene rings is 8. The molecular weight excluding hydrogens is 496 g/mol. The fourth-order valence-electron chi connectivity index (χ4n) is 6.87. The zero-order valence-electron chi connectivity index (χ0n) is 22.3. The smallest absolute Gasteiger partial charge is 0.135 e. The molecule has 0 aliphatic heterocycles. The van der Waals surface area contributed by atoms with Gasteiger partial charge >= 0.3 is 0 Å². The molecule has 41 heavy (non-hydrogen) atoms. The predicted octanol–water partition coefficient (Wildman–Crippen LogP) is 11.5. The summed E-state index contributed by atoms with van der Waals surface area (Å²) in [5.74, 6) is 0. The second-order valence-corrected chi connectivity index (χ2v) is 10.8. The first-order chi connectivity index (χ1) is 20.3. The monoisotopic (exact) mass is 520 g/mol. The van der Waals surface area contributed by atoms with Crippen LogP contribution >= 0.6 is 0 Å². The van der Waals surface area contributed by atoms with Crippen molar-refractivity contribution in [2.45, 2.75) is 0 Å². The number of hydrogen-bond acceptors (Lipinski definition) is 1. The third-order valence-corrected chi connectivity index (χ3v) is 8.65. The Balaban J connectivity index is 1.41. The lowest BCUT2D eigenvalue weighted by Crippen LogP contribution is -1.91. The van der Waals surface area contributed by atoms with Gasteiger partial charge in [0.15, 0.2) is 0 Å². The molecule has 0 aliphatic rings. The summed E-state index contributed by atoms with van der Waals surface area (Å²) in [7, 11) is 0. The number of rotatable bonds is 2. The Morgan fingerprint density at radius 3 is 1.66 bits per heavy atom. The topological polar surface area (TPSA) is 13.1 Å². The molecule has 8 aromatic carbocycles. The van der Waals surface area contributed by atoms with Crippen molar-refractivity contribution in [2.75, 3.05) is 0 Å². The van der Waals surface area contributed by atoms with Crippen LogP contribution in [0.1, 0.15) is 0 Å². The van der Waals surface area contributed by atoms with E-state index in [2.05, 4.69) is 133 Å². The Hall–Kier alpha value is -5.40. The molecule has 0 aliphatic carbocycles. The van der Waals surface area contributed by atoms with Crippen LogP contribution in [-0.2, 0) is 0 Å². The van der Waals surface area contributed by atoms with Crippen molar-refractivity contribution in [2.24, 2.45) is 0 Å². The van der Waals surface area contributed by atoms with E-state index in [1.54, 1.807) is 0 Å². The minimum absolute atomic E-state index is 0.920. The van der Waals surface area contributed by atoms with Gasteiger partial charge in [0, 0.05) is 10.8 Å². The number of para-hydroxylation sites is 1. The van der Waals surface area contributed by atoms with Crippen molar-refractivity contribution in [3.05, 3.63) is 146 Å². The maximum atomic E-state index is 6.17. The largest absolute Gasteiger partial charge is 0.456 e. The number of furan rings is 1. The van der Waals surface area contributed by atoms with E-state index in [1.807, 2.05) is 12.1 Å². The van der Waals surface area contributed by atoms with Crippen LogP contribution in [0.2, 0.25) is 0 Å². The van der Waals surface area contributed by atoms with Gasteiger partial charge in [-0.2, -0.15) is 0 Å². The zero-order valence-corrected chi connectivity index (χ0v) is 22.3. The van der Waals surface area contributed by atoms with E-state index in [4.69, 9.17) is 4.42 Å².